The third-order valence-corrected chi connectivity index (χ3v) is 6.11. The molecule has 0 saturated heterocycles. The van der Waals surface area contributed by atoms with Crippen molar-refractivity contribution in [2.24, 2.45) is 5.14 Å². The van der Waals surface area contributed by atoms with E-state index in [1.807, 2.05) is 18.2 Å². The number of unbranched alkanes of at least 4 members (excludes halogenated alkanes) is 1. The monoisotopic (exact) mass is 403 g/mol. The van der Waals surface area contributed by atoms with Crippen LogP contribution in [0, 0.1) is 0 Å². The number of benzene rings is 2. The van der Waals surface area contributed by atoms with E-state index >= 15 is 0 Å². The maximum atomic E-state index is 12.0. The lowest BCUT2D eigenvalue weighted by atomic mass is 10.2. The van der Waals surface area contributed by atoms with Gasteiger partial charge in [-0.05, 0) is 49.1 Å². The van der Waals surface area contributed by atoms with Gasteiger partial charge in [0.15, 0.2) is 0 Å². The Balaban J connectivity index is 1.41. The summed E-state index contributed by atoms with van der Waals surface area (Å²) in [5.74, 6) is -0.0553. The third-order valence-electron chi connectivity index (χ3n) is 4.10. The largest absolute Gasteiger partial charge is 0.352 e. The van der Waals surface area contributed by atoms with Crippen LogP contribution in [0.3, 0.4) is 0 Å². The molecule has 2 aromatic carbocycles. The van der Waals surface area contributed by atoms with Gasteiger partial charge in [0, 0.05) is 13.0 Å². The fourth-order valence-electron chi connectivity index (χ4n) is 2.71. The number of carbonyl (C=O) groups excluding carboxylic acids is 1. The fraction of sp³-hybridized carbons (Fsp3) is 0.263. The fourth-order valence-corrected chi connectivity index (χ4v) is 4.30. The van der Waals surface area contributed by atoms with Crippen molar-refractivity contribution in [1.82, 2.24) is 10.3 Å². The van der Waals surface area contributed by atoms with Crippen molar-refractivity contribution in [3.05, 3.63) is 59.1 Å². The highest BCUT2D eigenvalue weighted by atomic mass is 32.2. The first-order chi connectivity index (χ1) is 12.9. The Bertz CT molecular complexity index is 1010. The molecule has 0 atom stereocenters. The molecule has 0 aliphatic heterocycles. The Morgan fingerprint density at radius 2 is 1.93 bits per heavy atom. The van der Waals surface area contributed by atoms with Gasteiger partial charge in [0.25, 0.3) is 0 Å². The number of fused-ring (bicyclic) bond motifs is 1. The summed E-state index contributed by atoms with van der Waals surface area (Å²) in [5, 5.41) is 9.02. The zero-order chi connectivity index (χ0) is 19.3. The lowest BCUT2D eigenvalue weighted by Gasteiger charge is -2.06. The quantitative estimate of drug-likeness (QED) is 0.565. The molecule has 0 fully saturated rings. The van der Waals surface area contributed by atoms with Crippen LogP contribution in [-0.2, 0) is 27.8 Å². The molecule has 0 saturated carbocycles. The molecule has 27 heavy (non-hydrogen) atoms. The number of carbonyl (C=O) groups is 1. The van der Waals surface area contributed by atoms with Gasteiger partial charge in [0.1, 0.15) is 0 Å². The second-order valence-electron chi connectivity index (χ2n) is 6.25. The van der Waals surface area contributed by atoms with E-state index in [9.17, 15) is 13.2 Å². The lowest BCUT2D eigenvalue weighted by molar-refractivity contribution is -0.121. The number of thiazole rings is 1. The number of primary sulfonamides is 1. The van der Waals surface area contributed by atoms with Gasteiger partial charge in [-0.25, -0.2) is 18.5 Å². The molecule has 0 unspecified atom stereocenters. The van der Waals surface area contributed by atoms with Crippen LogP contribution >= 0.6 is 11.3 Å². The Kier molecular flexibility index (Phi) is 6.20. The third kappa shape index (κ3) is 5.59. The van der Waals surface area contributed by atoms with E-state index in [1.165, 1.54) is 16.8 Å². The number of aryl methyl sites for hydroxylation is 1. The number of nitrogens with zero attached hydrogens (tertiary/aromatic N) is 1. The first kappa shape index (κ1) is 19.5. The molecule has 0 aliphatic rings. The highest BCUT2D eigenvalue weighted by Gasteiger charge is 2.09. The summed E-state index contributed by atoms with van der Waals surface area (Å²) in [5.41, 5.74) is 1.72. The number of para-hydroxylation sites is 1. The average Bonchev–Trinajstić information content (AvgIpc) is 3.06. The molecule has 8 heteroatoms. The van der Waals surface area contributed by atoms with E-state index in [4.69, 9.17) is 5.14 Å². The molecule has 6 nitrogen and oxygen atoms in total. The maximum Gasteiger partial charge on any atom is 0.238 e. The van der Waals surface area contributed by atoms with Crippen LogP contribution in [0.1, 0.15) is 29.8 Å². The van der Waals surface area contributed by atoms with Crippen molar-refractivity contribution in [3.63, 3.8) is 0 Å². The van der Waals surface area contributed by atoms with Crippen LogP contribution in [-0.4, -0.2) is 19.3 Å². The van der Waals surface area contributed by atoms with Gasteiger partial charge in [-0.15, -0.1) is 11.3 Å². The van der Waals surface area contributed by atoms with Crippen LogP contribution in [0.15, 0.2) is 53.4 Å². The van der Waals surface area contributed by atoms with Gasteiger partial charge < -0.3 is 5.32 Å². The summed E-state index contributed by atoms with van der Waals surface area (Å²) >= 11 is 1.70. The molecule has 3 aromatic rings. The molecule has 0 spiro atoms. The minimum Gasteiger partial charge on any atom is -0.352 e. The van der Waals surface area contributed by atoms with E-state index in [-0.39, 0.29) is 17.3 Å². The zero-order valence-electron chi connectivity index (χ0n) is 14.7. The minimum atomic E-state index is -3.74. The summed E-state index contributed by atoms with van der Waals surface area (Å²) in [4.78, 5) is 16.6. The minimum absolute atomic E-state index is 0.0464. The standard InChI is InChI=1S/C19H21N3O3S2/c20-27(24,25)15-7-5-6-14(12-15)13-21-18(23)10-3-4-11-19-22-16-8-1-2-9-17(16)26-19/h1-2,5-9,12H,3-4,10-11,13H2,(H,21,23)(H2,20,24,25). The molecule has 1 amide bonds. The lowest BCUT2D eigenvalue weighted by Crippen LogP contribution is -2.22. The van der Waals surface area contributed by atoms with Crippen molar-refractivity contribution in [1.29, 1.82) is 0 Å². The number of nitrogens with one attached hydrogen (secondary N) is 1. The van der Waals surface area contributed by atoms with Crippen molar-refractivity contribution < 1.29 is 13.2 Å². The summed E-state index contributed by atoms with van der Waals surface area (Å²) in [7, 11) is -3.74. The molecule has 1 aromatic heterocycles. The Morgan fingerprint density at radius 3 is 2.70 bits per heavy atom. The Labute approximate surface area is 162 Å². The van der Waals surface area contributed by atoms with Crippen LogP contribution < -0.4 is 10.5 Å². The summed E-state index contributed by atoms with van der Waals surface area (Å²) in [6.45, 7) is 0.278. The average molecular weight is 404 g/mol. The van der Waals surface area contributed by atoms with Crippen molar-refractivity contribution in [2.75, 3.05) is 0 Å². The molecule has 3 rings (SSSR count). The predicted octanol–water partition coefficient (Wildman–Crippen LogP) is 2.97. The van der Waals surface area contributed by atoms with Gasteiger partial charge >= 0.3 is 0 Å². The van der Waals surface area contributed by atoms with E-state index in [2.05, 4.69) is 16.4 Å². The van der Waals surface area contributed by atoms with Crippen LogP contribution in [0.25, 0.3) is 10.2 Å². The smallest absolute Gasteiger partial charge is 0.238 e. The molecule has 3 N–H and O–H groups in total. The van der Waals surface area contributed by atoms with Gasteiger partial charge in [-0.3, -0.25) is 4.79 Å². The van der Waals surface area contributed by atoms with Gasteiger partial charge in [0.05, 0.1) is 20.1 Å². The van der Waals surface area contributed by atoms with Gasteiger partial charge in [-0.2, -0.15) is 0 Å². The van der Waals surface area contributed by atoms with E-state index in [0.29, 0.717) is 12.0 Å². The number of hydrogen-bond donors (Lipinski definition) is 2. The molecule has 1 heterocycles. The SMILES string of the molecule is NS(=O)(=O)c1cccc(CNC(=O)CCCCc2nc3ccccc3s2)c1. The molecule has 0 bridgehead atoms. The summed E-state index contributed by atoms with van der Waals surface area (Å²) < 4.78 is 23.9. The topological polar surface area (TPSA) is 102 Å². The number of aromatic nitrogens is 1. The van der Waals surface area contributed by atoms with Gasteiger partial charge in [-0.1, -0.05) is 24.3 Å². The molecule has 0 radical (unpaired) electrons. The van der Waals surface area contributed by atoms with Crippen molar-refractivity contribution in [3.8, 4) is 0 Å². The molecule has 142 valence electrons. The highest BCUT2D eigenvalue weighted by Crippen LogP contribution is 2.22. The number of nitrogens with two attached hydrogens (primary N) is 1. The first-order valence-electron chi connectivity index (χ1n) is 8.65. The van der Waals surface area contributed by atoms with Crippen LogP contribution in [0.4, 0.5) is 0 Å². The summed E-state index contributed by atoms with van der Waals surface area (Å²) in [6, 6.07) is 14.3. The number of rotatable bonds is 8. The first-order valence-corrected chi connectivity index (χ1v) is 11.0. The van der Waals surface area contributed by atoms with Crippen molar-refractivity contribution in [2.45, 2.75) is 37.1 Å². The zero-order valence-corrected chi connectivity index (χ0v) is 16.4. The second-order valence-corrected chi connectivity index (χ2v) is 8.93. The molecular weight excluding hydrogens is 382 g/mol. The predicted molar refractivity (Wildman–Crippen MR) is 107 cm³/mol. The van der Waals surface area contributed by atoms with Crippen molar-refractivity contribution >= 4 is 37.5 Å². The van der Waals surface area contributed by atoms with Crippen LogP contribution in [0.5, 0.6) is 0 Å². The van der Waals surface area contributed by atoms with E-state index in [1.54, 1.807) is 23.5 Å². The second kappa shape index (κ2) is 8.60. The molecule has 0 aliphatic carbocycles. The van der Waals surface area contributed by atoms with Crippen LogP contribution in [0.2, 0.25) is 0 Å². The van der Waals surface area contributed by atoms with E-state index in [0.717, 1.165) is 29.8 Å². The Morgan fingerprint density at radius 1 is 1.11 bits per heavy atom. The number of hydrogen-bond acceptors (Lipinski definition) is 5. The molecular formula is C19H21N3O3S2. The highest BCUT2D eigenvalue weighted by molar-refractivity contribution is 7.89. The van der Waals surface area contributed by atoms with Gasteiger partial charge in [0.2, 0.25) is 15.9 Å². The Hall–Kier alpha value is -2.29. The summed E-state index contributed by atoms with van der Waals surface area (Å²) in [6.07, 6.45) is 2.97. The normalized spacial score (nSPS) is 11.6. The maximum absolute atomic E-state index is 12.0. The number of amides is 1. The van der Waals surface area contributed by atoms with E-state index < -0.39 is 10.0 Å². The number of sulfonamides is 1.